The van der Waals surface area contributed by atoms with Gasteiger partial charge in [-0.25, -0.2) is 0 Å². The van der Waals surface area contributed by atoms with Gasteiger partial charge in [-0.15, -0.1) is 0 Å². The maximum absolute atomic E-state index is 12.5. The predicted octanol–water partition coefficient (Wildman–Crippen LogP) is 1.77. The third-order valence-corrected chi connectivity index (χ3v) is 4.39. The number of carbonyl (C=O) groups is 2. The number of halogens is 1. The van der Waals surface area contributed by atoms with Crippen molar-refractivity contribution in [3.63, 3.8) is 0 Å². The molecule has 0 spiro atoms. The third kappa shape index (κ3) is 2.40. The van der Waals surface area contributed by atoms with Gasteiger partial charge in [-0.2, -0.15) is 0 Å². The fourth-order valence-electron chi connectivity index (χ4n) is 2.76. The molecule has 1 saturated heterocycles. The van der Waals surface area contributed by atoms with Crippen LogP contribution in [0.25, 0.3) is 0 Å². The van der Waals surface area contributed by atoms with Crippen molar-refractivity contribution in [3.8, 4) is 0 Å². The van der Waals surface area contributed by atoms with E-state index in [1.807, 2.05) is 18.2 Å². The van der Waals surface area contributed by atoms with Crippen LogP contribution in [0.2, 0.25) is 5.02 Å². The molecule has 0 aromatic heterocycles. The molecular formula is C15H17ClN2O2. The minimum Gasteiger partial charge on any atom is -0.354 e. The molecule has 2 fully saturated rings. The first-order chi connectivity index (χ1) is 9.62. The summed E-state index contributed by atoms with van der Waals surface area (Å²) in [6, 6.07) is 7.04. The predicted molar refractivity (Wildman–Crippen MR) is 76.5 cm³/mol. The molecule has 0 unspecified atom stereocenters. The molecule has 1 aromatic carbocycles. The normalized spacial score (nSPS) is 23.9. The van der Waals surface area contributed by atoms with Crippen molar-refractivity contribution in [1.29, 1.82) is 0 Å². The quantitative estimate of drug-likeness (QED) is 0.892. The first kappa shape index (κ1) is 13.4. The van der Waals surface area contributed by atoms with Crippen LogP contribution in [0.3, 0.4) is 0 Å². The summed E-state index contributed by atoms with van der Waals surface area (Å²) in [7, 11) is 0. The van der Waals surface area contributed by atoms with Gasteiger partial charge in [0.25, 0.3) is 0 Å². The van der Waals surface area contributed by atoms with Crippen LogP contribution in [0.15, 0.2) is 24.3 Å². The van der Waals surface area contributed by atoms with Crippen molar-refractivity contribution >= 4 is 23.4 Å². The maximum atomic E-state index is 12.5. The molecule has 1 heterocycles. The molecule has 106 valence electrons. The Hall–Kier alpha value is -1.55. The summed E-state index contributed by atoms with van der Waals surface area (Å²) in [6.45, 7) is 0.699. The lowest BCUT2D eigenvalue weighted by Gasteiger charge is -2.25. The Morgan fingerprint density at radius 3 is 2.85 bits per heavy atom. The number of hydrogen-bond donors (Lipinski definition) is 2. The van der Waals surface area contributed by atoms with Crippen molar-refractivity contribution in [1.82, 2.24) is 10.6 Å². The molecule has 1 aromatic rings. The zero-order chi connectivity index (χ0) is 14.2. The summed E-state index contributed by atoms with van der Waals surface area (Å²) in [4.78, 5) is 24.2. The van der Waals surface area contributed by atoms with E-state index in [9.17, 15) is 9.59 Å². The van der Waals surface area contributed by atoms with Crippen molar-refractivity contribution in [3.05, 3.63) is 34.9 Å². The van der Waals surface area contributed by atoms with E-state index in [-0.39, 0.29) is 11.8 Å². The van der Waals surface area contributed by atoms with Gasteiger partial charge in [0.15, 0.2) is 0 Å². The van der Waals surface area contributed by atoms with E-state index in [0.717, 1.165) is 24.8 Å². The Kier molecular flexibility index (Phi) is 3.42. The van der Waals surface area contributed by atoms with Gasteiger partial charge < -0.3 is 10.6 Å². The van der Waals surface area contributed by atoms with E-state index in [2.05, 4.69) is 10.6 Å². The topological polar surface area (TPSA) is 58.2 Å². The molecule has 2 aliphatic rings. The summed E-state index contributed by atoms with van der Waals surface area (Å²) < 4.78 is 0. The highest BCUT2D eigenvalue weighted by Gasteiger charge is 2.52. The Bertz CT molecular complexity index is 555. The second-order valence-electron chi connectivity index (χ2n) is 5.55. The fourth-order valence-corrected chi connectivity index (χ4v) is 2.95. The molecule has 4 nitrogen and oxygen atoms in total. The summed E-state index contributed by atoms with van der Waals surface area (Å²) in [5.41, 5.74) is 0.460. The van der Waals surface area contributed by atoms with Crippen molar-refractivity contribution < 1.29 is 9.59 Å². The summed E-state index contributed by atoms with van der Waals surface area (Å²) in [5, 5.41) is 6.31. The van der Waals surface area contributed by atoms with Crippen LogP contribution in [0.1, 0.15) is 31.2 Å². The van der Waals surface area contributed by atoms with Crippen molar-refractivity contribution in [2.75, 3.05) is 6.54 Å². The van der Waals surface area contributed by atoms with Gasteiger partial charge >= 0.3 is 0 Å². The standard InChI is InChI=1S/C15H17ClN2O2/c16-11-4-1-3-10(9-11)15(6-7-15)14(20)18-12-5-2-8-17-13(12)19/h1,3-4,9,12H,2,5-8H2,(H,17,19)(H,18,20)/t12-/m1/s1. The van der Waals surface area contributed by atoms with E-state index >= 15 is 0 Å². The summed E-state index contributed by atoms with van der Waals surface area (Å²) in [5.74, 6) is -0.131. The molecule has 1 atom stereocenters. The summed E-state index contributed by atoms with van der Waals surface area (Å²) >= 11 is 6.00. The van der Waals surface area contributed by atoms with Gasteiger partial charge in [-0.05, 0) is 43.4 Å². The van der Waals surface area contributed by atoms with E-state index in [1.165, 1.54) is 0 Å². The molecule has 1 aliphatic carbocycles. The molecule has 5 heteroatoms. The lowest BCUT2D eigenvalue weighted by Crippen LogP contribution is -2.52. The molecule has 1 aliphatic heterocycles. The first-order valence-corrected chi connectivity index (χ1v) is 7.34. The average Bonchev–Trinajstić information content (AvgIpc) is 3.23. The minimum absolute atomic E-state index is 0.0539. The smallest absolute Gasteiger partial charge is 0.242 e. The number of carbonyl (C=O) groups excluding carboxylic acids is 2. The third-order valence-electron chi connectivity index (χ3n) is 4.15. The summed E-state index contributed by atoms with van der Waals surface area (Å²) in [6.07, 6.45) is 3.24. The first-order valence-electron chi connectivity index (χ1n) is 6.96. The molecular weight excluding hydrogens is 276 g/mol. The zero-order valence-electron chi connectivity index (χ0n) is 11.1. The van der Waals surface area contributed by atoms with Crippen LogP contribution < -0.4 is 10.6 Å². The van der Waals surface area contributed by atoms with Crippen molar-refractivity contribution in [2.45, 2.75) is 37.1 Å². The lowest BCUT2D eigenvalue weighted by atomic mass is 9.94. The molecule has 20 heavy (non-hydrogen) atoms. The number of piperidine rings is 1. The van der Waals surface area contributed by atoms with E-state index in [1.54, 1.807) is 6.07 Å². The minimum atomic E-state index is -0.484. The lowest BCUT2D eigenvalue weighted by molar-refractivity contribution is -0.131. The SMILES string of the molecule is O=C1NCCC[C@H]1NC(=O)C1(c2cccc(Cl)c2)CC1. The van der Waals surface area contributed by atoms with E-state index in [0.29, 0.717) is 18.0 Å². The highest BCUT2D eigenvalue weighted by Crippen LogP contribution is 2.49. The fraction of sp³-hybridized carbons (Fsp3) is 0.467. The largest absolute Gasteiger partial charge is 0.354 e. The van der Waals surface area contributed by atoms with Gasteiger partial charge in [-0.3, -0.25) is 9.59 Å². The van der Waals surface area contributed by atoms with Gasteiger partial charge in [-0.1, -0.05) is 23.7 Å². The maximum Gasteiger partial charge on any atom is 0.242 e. The zero-order valence-corrected chi connectivity index (χ0v) is 11.9. The molecule has 0 bridgehead atoms. The average molecular weight is 293 g/mol. The van der Waals surface area contributed by atoms with E-state index < -0.39 is 11.5 Å². The van der Waals surface area contributed by atoms with Gasteiger partial charge in [0.2, 0.25) is 11.8 Å². The second kappa shape index (κ2) is 5.09. The molecule has 3 rings (SSSR count). The van der Waals surface area contributed by atoms with Crippen LogP contribution in [-0.2, 0) is 15.0 Å². The monoisotopic (exact) mass is 292 g/mol. The van der Waals surface area contributed by atoms with Crippen LogP contribution >= 0.6 is 11.6 Å². The Morgan fingerprint density at radius 1 is 1.40 bits per heavy atom. The van der Waals surface area contributed by atoms with Gasteiger partial charge in [0.1, 0.15) is 6.04 Å². The van der Waals surface area contributed by atoms with Gasteiger partial charge in [0.05, 0.1) is 5.41 Å². The van der Waals surface area contributed by atoms with Crippen LogP contribution in [-0.4, -0.2) is 24.4 Å². The molecule has 0 radical (unpaired) electrons. The van der Waals surface area contributed by atoms with Crippen LogP contribution in [0, 0.1) is 0 Å². The highest BCUT2D eigenvalue weighted by atomic mass is 35.5. The van der Waals surface area contributed by atoms with Gasteiger partial charge in [0, 0.05) is 11.6 Å². The van der Waals surface area contributed by atoms with Crippen molar-refractivity contribution in [2.24, 2.45) is 0 Å². The van der Waals surface area contributed by atoms with E-state index in [4.69, 9.17) is 11.6 Å². The molecule has 2 N–H and O–H groups in total. The van der Waals surface area contributed by atoms with Crippen LogP contribution in [0.4, 0.5) is 0 Å². The Balaban J connectivity index is 1.75. The Morgan fingerprint density at radius 2 is 2.20 bits per heavy atom. The number of amides is 2. The molecule has 1 saturated carbocycles. The number of benzene rings is 1. The second-order valence-corrected chi connectivity index (χ2v) is 5.99. The highest BCUT2D eigenvalue weighted by molar-refractivity contribution is 6.30. The number of nitrogens with one attached hydrogen (secondary N) is 2. The van der Waals surface area contributed by atoms with Crippen LogP contribution in [0.5, 0.6) is 0 Å². The number of hydrogen-bond acceptors (Lipinski definition) is 2. The Labute approximate surface area is 122 Å². The molecule has 2 amide bonds. The number of rotatable bonds is 3.